The van der Waals surface area contributed by atoms with Gasteiger partial charge in [-0.2, -0.15) is 0 Å². The van der Waals surface area contributed by atoms with Gasteiger partial charge in [0.1, 0.15) is 0 Å². The molecule has 2 rings (SSSR count). The molecular formula is C15H22N4O2. The van der Waals surface area contributed by atoms with E-state index in [0.717, 1.165) is 18.0 Å². The summed E-state index contributed by atoms with van der Waals surface area (Å²) < 4.78 is 0. The average Bonchev–Trinajstić information content (AvgIpc) is 3.30. The van der Waals surface area contributed by atoms with E-state index < -0.39 is 0 Å². The Hall–Kier alpha value is -1.95. The predicted octanol–water partition coefficient (Wildman–Crippen LogP) is 0.204. The van der Waals surface area contributed by atoms with E-state index in [1.165, 1.54) is 12.8 Å². The number of rotatable bonds is 9. The summed E-state index contributed by atoms with van der Waals surface area (Å²) in [6, 6.07) is 3.73. The van der Waals surface area contributed by atoms with Gasteiger partial charge in [0.15, 0.2) is 0 Å². The molecule has 0 radical (unpaired) electrons. The summed E-state index contributed by atoms with van der Waals surface area (Å²) >= 11 is 0. The zero-order valence-electron chi connectivity index (χ0n) is 12.1. The van der Waals surface area contributed by atoms with Gasteiger partial charge in [0, 0.05) is 31.9 Å². The van der Waals surface area contributed by atoms with Crippen LogP contribution in [0.4, 0.5) is 0 Å². The lowest BCUT2D eigenvalue weighted by molar-refractivity contribution is -0.122. The highest BCUT2D eigenvalue weighted by atomic mass is 16.2. The van der Waals surface area contributed by atoms with Crippen LogP contribution in [0.3, 0.4) is 0 Å². The fourth-order valence-electron chi connectivity index (χ4n) is 1.88. The Kier molecular flexibility index (Phi) is 6.15. The molecular weight excluding hydrogens is 268 g/mol. The first-order valence-corrected chi connectivity index (χ1v) is 7.37. The number of aromatic nitrogens is 1. The maximum atomic E-state index is 11.6. The van der Waals surface area contributed by atoms with Crippen molar-refractivity contribution in [1.82, 2.24) is 20.9 Å². The van der Waals surface area contributed by atoms with Crippen LogP contribution in [0.5, 0.6) is 0 Å². The van der Waals surface area contributed by atoms with Crippen LogP contribution in [0.25, 0.3) is 0 Å². The van der Waals surface area contributed by atoms with Gasteiger partial charge in [-0.15, -0.1) is 0 Å². The van der Waals surface area contributed by atoms with Crippen molar-refractivity contribution >= 4 is 11.8 Å². The molecule has 1 fully saturated rings. The molecule has 1 aromatic heterocycles. The van der Waals surface area contributed by atoms with E-state index in [2.05, 4.69) is 20.9 Å². The van der Waals surface area contributed by atoms with E-state index in [0.29, 0.717) is 19.6 Å². The summed E-state index contributed by atoms with van der Waals surface area (Å²) in [6.07, 6.45) is 6.23. The van der Waals surface area contributed by atoms with Crippen molar-refractivity contribution in [3.63, 3.8) is 0 Å². The van der Waals surface area contributed by atoms with Gasteiger partial charge >= 0.3 is 0 Å². The van der Waals surface area contributed by atoms with Crippen molar-refractivity contribution in [2.45, 2.75) is 25.8 Å². The molecule has 0 aromatic carbocycles. The zero-order chi connectivity index (χ0) is 14.9. The van der Waals surface area contributed by atoms with Gasteiger partial charge in [-0.05, 0) is 36.9 Å². The van der Waals surface area contributed by atoms with Crippen LogP contribution < -0.4 is 16.0 Å². The second kappa shape index (κ2) is 8.36. The summed E-state index contributed by atoms with van der Waals surface area (Å²) in [6.45, 7) is 2.07. The Balaban J connectivity index is 1.49. The molecule has 6 heteroatoms. The number of carbonyl (C=O) groups is 2. The van der Waals surface area contributed by atoms with Crippen molar-refractivity contribution in [2.75, 3.05) is 19.6 Å². The minimum absolute atomic E-state index is 0.0595. The largest absolute Gasteiger partial charge is 0.354 e. The Bertz CT molecular complexity index is 460. The van der Waals surface area contributed by atoms with E-state index in [1.54, 1.807) is 12.4 Å². The van der Waals surface area contributed by atoms with Crippen LogP contribution >= 0.6 is 0 Å². The molecule has 114 valence electrons. The summed E-state index contributed by atoms with van der Waals surface area (Å²) in [5.41, 5.74) is 0.958. The Morgan fingerprint density at radius 2 is 2.10 bits per heavy atom. The molecule has 2 amide bonds. The molecule has 1 saturated carbocycles. The molecule has 0 saturated heterocycles. The smallest absolute Gasteiger partial charge is 0.233 e. The van der Waals surface area contributed by atoms with Crippen LogP contribution in [0.2, 0.25) is 0 Å². The van der Waals surface area contributed by atoms with Crippen molar-refractivity contribution in [2.24, 2.45) is 5.92 Å². The Morgan fingerprint density at radius 1 is 1.24 bits per heavy atom. The number of carbonyl (C=O) groups excluding carboxylic acids is 2. The van der Waals surface area contributed by atoms with Crippen LogP contribution in [-0.4, -0.2) is 36.4 Å². The lowest BCUT2D eigenvalue weighted by atomic mass is 10.3. The van der Waals surface area contributed by atoms with Crippen LogP contribution in [0.1, 0.15) is 24.8 Å². The van der Waals surface area contributed by atoms with E-state index in [9.17, 15) is 9.59 Å². The number of nitrogens with zero attached hydrogens (tertiary/aromatic N) is 1. The SMILES string of the molecule is O=C(CCNC(=O)CNCC1CC1)NCc1cccnc1. The van der Waals surface area contributed by atoms with Gasteiger partial charge in [-0.1, -0.05) is 6.07 Å². The molecule has 3 N–H and O–H groups in total. The van der Waals surface area contributed by atoms with Gasteiger partial charge in [-0.25, -0.2) is 0 Å². The third kappa shape index (κ3) is 6.85. The number of pyridine rings is 1. The van der Waals surface area contributed by atoms with E-state index >= 15 is 0 Å². The van der Waals surface area contributed by atoms with Gasteiger partial charge in [0.25, 0.3) is 0 Å². The second-order valence-electron chi connectivity index (χ2n) is 5.31. The second-order valence-corrected chi connectivity index (χ2v) is 5.31. The number of hydrogen-bond acceptors (Lipinski definition) is 4. The highest BCUT2D eigenvalue weighted by Crippen LogP contribution is 2.27. The van der Waals surface area contributed by atoms with Crippen molar-refractivity contribution in [3.05, 3.63) is 30.1 Å². The molecule has 0 aliphatic heterocycles. The lowest BCUT2D eigenvalue weighted by Crippen LogP contribution is -2.36. The zero-order valence-corrected chi connectivity index (χ0v) is 12.1. The fraction of sp³-hybridized carbons (Fsp3) is 0.533. The van der Waals surface area contributed by atoms with Gasteiger partial charge in [-0.3, -0.25) is 14.6 Å². The maximum absolute atomic E-state index is 11.6. The summed E-state index contributed by atoms with van der Waals surface area (Å²) in [5.74, 6) is 0.622. The third-order valence-corrected chi connectivity index (χ3v) is 3.30. The van der Waals surface area contributed by atoms with Gasteiger partial charge < -0.3 is 16.0 Å². The van der Waals surface area contributed by atoms with Gasteiger partial charge in [0.2, 0.25) is 11.8 Å². The first kappa shape index (κ1) is 15.4. The molecule has 1 aliphatic rings. The Labute approximate surface area is 124 Å². The van der Waals surface area contributed by atoms with Crippen LogP contribution in [0.15, 0.2) is 24.5 Å². The normalized spacial score (nSPS) is 13.7. The minimum Gasteiger partial charge on any atom is -0.354 e. The number of nitrogens with one attached hydrogen (secondary N) is 3. The highest BCUT2D eigenvalue weighted by molar-refractivity contribution is 5.80. The molecule has 21 heavy (non-hydrogen) atoms. The Morgan fingerprint density at radius 3 is 2.81 bits per heavy atom. The third-order valence-electron chi connectivity index (χ3n) is 3.30. The maximum Gasteiger partial charge on any atom is 0.233 e. The van der Waals surface area contributed by atoms with Crippen LogP contribution in [0, 0.1) is 5.92 Å². The van der Waals surface area contributed by atoms with E-state index in [4.69, 9.17) is 0 Å². The molecule has 0 unspecified atom stereocenters. The average molecular weight is 290 g/mol. The summed E-state index contributed by atoms with van der Waals surface area (Å²) in [7, 11) is 0. The molecule has 0 bridgehead atoms. The van der Waals surface area contributed by atoms with Crippen LogP contribution in [-0.2, 0) is 16.1 Å². The van der Waals surface area contributed by atoms with E-state index in [-0.39, 0.29) is 18.2 Å². The van der Waals surface area contributed by atoms with Crippen molar-refractivity contribution in [3.8, 4) is 0 Å². The molecule has 1 heterocycles. The number of hydrogen-bond donors (Lipinski definition) is 3. The van der Waals surface area contributed by atoms with Gasteiger partial charge in [0.05, 0.1) is 6.54 Å². The summed E-state index contributed by atoms with van der Waals surface area (Å²) in [4.78, 5) is 27.1. The number of amides is 2. The predicted molar refractivity (Wildman–Crippen MR) is 79.3 cm³/mol. The first-order valence-electron chi connectivity index (χ1n) is 7.37. The monoisotopic (exact) mass is 290 g/mol. The fourth-order valence-corrected chi connectivity index (χ4v) is 1.88. The summed E-state index contributed by atoms with van der Waals surface area (Å²) in [5, 5.41) is 8.64. The highest BCUT2D eigenvalue weighted by Gasteiger charge is 2.20. The molecule has 0 spiro atoms. The van der Waals surface area contributed by atoms with E-state index in [1.807, 2.05) is 12.1 Å². The molecule has 1 aliphatic carbocycles. The molecule has 6 nitrogen and oxygen atoms in total. The molecule has 1 aromatic rings. The minimum atomic E-state index is -0.0786. The quantitative estimate of drug-likeness (QED) is 0.607. The van der Waals surface area contributed by atoms with Crippen molar-refractivity contribution < 1.29 is 9.59 Å². The lowest BCUT2D eigenvalue weighted by Gasteiger charge is -2.07. The topological polar surface area (TPSA) is 83.1 Å². The standard InChI is InChI=1S/C15H22N4O2/c20-14(19-10-13-2-1-6-16-9-13)5-7-18-15(21)11-17-8-12-3-4-12/h1-2,6,9,12,17H,3-5,7-8,10-11H2,(H,18,21)(H,19,20). The van der Waals surface area contributed by atoms with Crippen molar-refractivity contribution in [1.29, 1.82) is 0 Å². The molecule has 0 atom stereocenters. The first-order chi connectivity index (χ1) is 10.2.